The number of anilines is 2. The third-order valence-electron chi connectivity index (χ3n) is 3.20. The molecule has 1 atom stereocenters. The van der Waals surface area contributed by atoms with E-state index < -0.39 is 11.8 Å². The topological polar surface area (TPSA) is 54.5 Å². The number of pyridine rings is 1. The maximum atomic E-state index is 13.7. The van der Waals surface area contributed by atoms with E-state index in [1.54, 1.807) is 0 Å². The molecule has 1 fully saturated rings. The van der Waals surface area contributed by atoms with Crippen molar-refractivity contribution in [3.8, 4) is 0 Å². The van der Waals surface area contributed by atoms with Gasteiger partial charge in [0, 0.05) is 25.2 Å². The van der Waals surface area contributed by atoms with E-state index in [0.29, 0.717) is 11.9 Å². The van der Waals surface area contributed by atoms with Gasteiger partial charge < -0.3 is 15.0 Å². The molecule has 0 aliphatic carbocycles. The van der Waals surface area contributed by atoms with Crippen LogP contribution in [0.2, 0.25) is 0 Å². The fourth-order valence-corrected chi connectivity index (χ4v) is 2.36. The highest BCUT2D eigenvalue weighted by molar-refractivity contribution is 5.89. The van der Waals surface area contributed by atoms with Gasteiger partial charge in [-0.15, -0.1) is 0 Å². The van der Waals surface area contributed by atoms with Crippen molar-refractivity contribution in [3.63, 3.8) is 0 Å². The number of nitrogens with zero attached hydrogens (tertiary/aromatic N) is 2. The van der Waals surface area contributed by atoms with Gasteiger partial charge in [0.1, 0.15) is 0 Å². The molecule has 0 spiro atoms. The van der Waals surface area contributed by atoms with Crippen LogP contribution in [-0.2, 0) is 4.74 Å². The van der Waals surface area contributed by atoms with Crippen molar-refractivity contribution < 1.29 is 13.9 Å². The molecule has 6 heteroatoms. The lowest BCUT2D eigenvalue weighted by Gasteiger charge is -2.27. The van der Waals surface area contributed by atoms with E-state index in [1.807, 2.05) is 0 Å². The molecule has 0 saturated carbocycles. The SMILES string of the molecule is COC(=O)c1nc2c(cc1F)N1CCC(C1)N2. The van der Waals surface area contributed by atoms with Crippen molar-refractivity contribution in [2.75, 3.05) is 30.4 Å². The summed E-state index contributed by atoms with van der Waals surface area (Å²) in [7, 11) is 1.21. The highest BCUT2D eigenvalue weighted by Crippen LogP contribution is 2.35. The monoisotopic (exact) mass is 237 g/mol. The van der Waals surface area contributed by atoms with Gasteiger partial charge in [-0.2, -0.15) is 0 Å². The second-order valence-electron chi connectivity index (χ2n) is 4.25. The van der Waals surface area contributed by atoms with Crippen molar-refractivity contribution in [2.24, 2.45) is 0 Å². The van der Waals surface area contributed by atoms with E-state index in [2.05, 4.69) is 19.9 Å². The molecule has 1 aromatic rings. The van der Waals surface area contributed by atoms with Crippen LogP contribution in [0.25, 0.3) is 0 Å². The third kappa shape index (κ3) is 1.51. The normalized spacial score (nSPS) is 20.8. The molecule has 17 heavy (non-hydrogen) atoms. The largest absolute Gasteiger partial charge is 0.464 e. The van der Waals surface area contributed by atoms with Gasteiger partial charge >= 0.3 is 5.97 Å². The molecular formula is C11H12FN3O2. The molecule has 1 unspecified atom stereocenters. The predicted octanol–water partition coefficient (Wildman–Crippen LogP) is 1.01. The molecule has 2 aliphatic rings. The van der Waals surface area contributed by atoms with E-state index in [1.165, 1.54) is 13.2 Å². The Morgan fingerprint density at radius 3 is 3.29 bits per heavy atom. The number of ether oxygens (including phenoxy) is 1. The standard InChI is InChI=1S/C11H12FN3O2/c1-17-11(16)9-7(12)4-8-10(14-9)13-6-2-3-15(8)5-6/h4,6H,2-3,5H2,1H3,(H,13,14). The number of carbonyl (C=O) groups excluding carboxylic acids is 1. The van der Waals surface area contributed by atoms with Crippen molar-refractivity contribution in [2.45, 2.75) is 12.5 Å². The number of rotatable bonds is 1. The molecule has 1 saturated heterocycles. The van der Waals surface area contributed by atoms with Crippen LogP contribution in [0.15, 0.2) is 6.07 Å². The Labute approximate surface area is 97.6 Å². The zero-order valence-electron chi connectivity index (χ0n) is 9.36. The Morgan fingerprint density at radius 2 is 2.53 bits per heavy atom. The number of hydrogen-bond acceptors (Lipinski definition) is 5. The average Bonchev–Trinajstić information content (AvgIpc) is 2.72. The van der Waals surface area contributed by atoms with Gasteiger partial charge in [0.05, 0.1) is 12.8 Å². The lowest BCUT2D eigenvalue weighted by Crippen LogP contribution is -2.33. The van der Waals surface area contributed by atoms with E-state index in [9.17, 15) is 9.18 Å². The second-order valence-corrected chi connectivity index (χ2v) is 4.25. The number of aromatic nitrogens is 1. The van der Waals surface area contributed by atoms with Crippen LogP contribution in [0.1, 0.15) is 16.9 Å². The predicted molar refractivity (Wildman–Crippen MR) is 59.8 cm³/mol. The van der Waals surface area contributed by atoms with Crippen molar-refractivity contribution in [3.05, 3.63) is 17.6 Å². The third-order valence-corrected chi connectivity index (χ3v) is 3.20. The zero-order valence-corrected chi connectivity index (χ0v) is 9.36. The summed E-state index contributed by atoms with van der Waals surface area (Å²) in [6.07, 6.45) is 1.01. The Kier molecular flexibility index (Phi) is 2.17. The van der Waals surface area contributed by atoms with Gasteiger partial charge in [-0.05, 0) is 6.42 Å². The van der Waals surface area contributed by atoms with Crippen LogP contribution in [-0.4, -0.2) is 37.2 Å². The van der Waals surface area contributed by atoms with Gasteiger partial charge in [-0.25, -0.2) is 14.2 Å². The second kappa shape index (κ2) is 3.58. The zero-order chi connectivity index (χ0) is 12.0. The molecule has 5 nitrogen and oxygen atoms in total. The molecule has 3 rings (SSSR count). The first-order valence-corrected chi connectivity index (χ1v) is 5.49. The van der Waals surface area contributed by atoms with Crippen molar-refractivity contribution >= 4 is 17.5 Å². The first kappa shape index (κ1) is 10.3. The summed E-state index contributed by atoms with van der Waals surface area (Å²) in [6.45, 7) is 1.76. The molecule has 1 N–H and O–H groups in total. The first-order valence-electron chi connectivity index (χ1n) is 5.49. The molecular weight excluding hydrogens is 225 g/mol. The molecule has 0 aromatic carbocycles. The van der Waals surface area contributed by atoms with Gasteiger partial charge in [0.2, 0.25) is 0 Å². The van der Waals surface area contributed by atoms with Gasteiger partial charge in [-0.3, -0.25) is 0 Å². The number of methoxy groups -OCH3 is 1. The number of fused-ring (bicyclic) bond motifs is 4. The van der Waals surface area contributed by atoms with E-state index in [0.717, 1.165) is 25.2 Å². The van der Waals surface area contributed by atoms with Gasteiger partial charge in [0.25, 0.3) is 0 Å². The van der Waals surface area contributed by atoms with Crippen LogP contribution in [0.4, 0.5) is 15.9 Å². The summed E-state index contributed by atoms with van der Waals surface area (Å²) in [5.41, 5.74) is 0.463. The Hall–Kier alpha value is -1.85. The van der Waals surface area contributed by atoms with E-state index in [4.69, 9.17) is 0 Å². The van der Waals surface area contributed by atoms with Crippen molar-refractivity contribution in [1.29, 1.82) is 0 Å². The minimum Gasteiger partial charge on any atom is -0.464 e. The number of halogens is 1. The smallest absolute Gasteiger partial charge is 0.359 e. The molecule has 0 radical (unpaired) electrons. The summed E-state index contributed by atoms with van der Waals surface area (Å²) in [6, 6.07) is 1.69. The number of nitrogens with one attached hydrogen (secondary N) is 1. The number of hydrogen-bond donors (Lipinski definition) is 1. The maximum Gasteiger partial charge on any atom is 0.359 e. The maximum absolute atomic E-state index is 13.7. The first-order chi connectivity index (χ1) is 8.19. The quantitative estimate of drug-likeness (QED) is 0.739. The molecule has 0 amide bonds. The molecule has 2 bridgehead atoms. The van der Waals surface area contributed by atoms with Crippen LogP contribution in [0, 0.1) is 5.82 Å². The number of esters is 1. The van der Waals surface area contributed by atoms with Crippen LogP contribution in [0.5, 0.6) is 0 Å². The minimum absolute atomic E-state index is 0.263. The number of carbonyl (C=O) groups is 1. The van der Waals surface area contributed by atoms with Crippen molar-refractivity contribution in [1.82, 2.24) is 4.98 Å². The fraction of sp³-hybridized carbons (Fsp3) is 0.455. The lowest BCUT2D eigenvalue weighted by molar-refractivity contribution is 0.0588. The molecule has 3 heterocycles. The summed E-state index contributed by atoms with van der Waals surface area (Å²) in [5, 5.41) is 3.21. The Bertz CT molecular complexity index is 492. The van der Waals surface area contributed by atoms with Crippen LogP contribution >= 0.6 is 0 Å². The van der Waals surface area contributed by atoms with Gasteiger partial charge in [-0.1, -0.05) is 0 Å². The fourth-order valence-electron chi connectivity index (χ4n) is 2.36. The summed E-state index contributed by atoms with van der Waals surface area (Å²) in [4.78, 5) is 17.4. The highest BCUT2D eigenvalue weighted by atomic mass is 19.1. The van der Waals surface area contributed by atoms with Crippen LogP contribution < -0.4 is 10.2 Å². The van der Waals surface area contributed by atoms with Crippen LogP contribution in [0.3, 0.4) is 0 Å². The summed E-state index contributed by atoms with van der Waals surface area (Å²) >= 11 is 0. The lowest BCUT2D eigenvalue weighted by atomic mass is 10.2. The molecule has 90 valence electrons. The Balaban J connectivity index is 2.07. The van der Waals surface area contributed by atoms with E-state index >= 15 is 0 Å². The van der Waals surface area contributed by atoms with E-state index in [-0.39, 0.29) is 5.69 Å². The summed E-state index contributed by atoms with van der Waals surface area (Å²) in [5.74, 6) is -0.816. The minimum atomic E-state index is -0.750. The highest BCUT2D eigenvalue weighted by Gasteiger charge is 2.32. The molecule has 2 aliphatic heterocycles. The molecule has 1 aromatic heterocycles. The van der Waals surface area contributed by atoms with Gasteiger partial charge in [0.15, 0.2) is 17.3 Å². The summed E-state index contributed by atoms with van der Waals surface area (Å²) < 4.78 is 18.2. The Morgan fingerprint density at radius 1 is 1.71 bits per heavy atom. The average molecular weight is 237 g/mol.